The summed E-state index contributed by atoms with van der Waals surface area (Å²) >= 11 is 0. The zero-order valence-corrected chi connectivity index (χ0v) is 11.6. The molecule has 5 heteroatoms. The molecule has 0 bridgehead atoms. The molecule has 0 fully saturated rings. The Labute approximate surface area is 122 Å². The molecule has 0 radical (unpaired) electrons. The van der Waals surface area contributed by atoms with E-state index >= 15 is 0 Å². The normalized spacial score (nSPS) is 17.9. The van der Waals surface area contributed by atoms with Crippen LogP contribution in [0.25, 0.3) is 0 Å². The van der Waals surface area contributed by atoms with Gasteiger partial charge < -0.3 is 15.7 Å². The Morgan fingerprint density at radius 1 is 1.29 bits per heavy atom. The summed E-state index contributed by atoms with van der Waals surface area (Å²) in [5.41, 5.74) is 8.76. The molecule has 4 nitrogen and oxygen atoms in total. The summed E-state index contributed by atoms with van der Waals surface area (Å²) in [6.07, 6.45) is 0. The van der Waals surface area contributed by atoms with Crippen LogP contribution in [-0.4, -0.2) is 17.6 Å². The van der Waals surface area contributed by atoms with Crippen LogP contribution >= 0.6 is 0 Å². The van der Waals surface area contributed by atoms with Crippen LogP contribution in [0.15, 0.2) is 47.5 Å². The molecule has 0 spiro atoms. The Morgan fingerprint density at radius 2 is 2.10 bits per heavy atom. The highest BCUT2D eigenvalue weighted by molar-refractivity contribution is 5.97. The van der Waals surface area contributed by atoms with E-state index in [4.69, 9.17) is 5.73 Å². The first-order valence-corrected chi connectivity index (χ1v) is 6.70. The number of phenolic OH excluding ortho intramolecular Hbond substituents is 1. The van der Waals surface area contributed by atoms with E-state index in [2.05, 4.69) is 4.99 Å². The van der Waals surface area contributed by atoms with Crippen LogP contribution < -0.4 is 10.6 Å². The quantitative estimate of drug-likeness (QED) is 0.892. The lowest BCUT2D eigenvalue weighted by atomic mass is 10.0. The van der Waals surface area contributed by atoms with Crippen LogP contribution in [0, 0.1) is 12.7 Å². The second kappa shape index (κ2) is 5.09. The Balaban J connectivity index is 2.00. The van der Waals surface area contributed by atoms with Crippen LogP contribution in [0.3, 0.4) is 0 Å². The van der Waals surface area contributed by atoms with Crippen molar-refractivity contribution >= 4 is 11.6 Å². The van der Waals surface area contributed by atoms with Gasteiger partial charge in [0, 0.05) is 5.69 Å². The number of hydrogen-bond donors (Lipinski definition) is 2. The van der Waals surface area contributed by atoms with Gasteiger partial charge in [-0.25, -0.2) is 4.39 Å². The van der Waals surface area contributed by atoms with Crippen molar-refractivity contribution in [3.8, 4) is 5.75 Å². The predicted octanol–water partition coefficient (Wildman–Crippen LogP) is 2.72. The molecule has 1 aliphatic heterocycles. The minimum absolute atomic E-state index is 0.165. The van der Waals surface area contributed by atoms with Crippen molar-refractivity contribution in [1.82, 2.24) is 0 Å². The SMILES string of the molecule is Cc1cccc(N2C(N)=NCC2c2ccc(O)c(F)c2)c1. The van der Waals surface area contributed by atoms with E-state index < -0.39 is 5.82 Å². The summed E-state index contributed by atoms with van der Waals surface area (Å²) in [7, 11) is 0. The smallest absolute Gasteiger partial charge is 0.196 e. The van der Waals surface area contributed by atoms with E-state index in [0.717, 1.165) is 16.8 Å². The number of rotatable bonds is 2. The molecule has 3 N–H and O–H groups in total. The van der Waals surface area contributed by atoms with Crippen molar-refractivity contribution in [2.45, 2.75) is 13.0 Å². The fourth-order valence-electron chi connectivity index (χ4n) is 2.57. The monoisotopic (exact) mass is 285 g/mol. The molecule has 1 atom stereocenters. The molecule has 1 aliphatic rings. The summed E-state index contributed by atoms with van der Waals surface area (Å²) in [6, 6.07) is 12.1. The van der Waals surface area contributed by atoms with Gasteiger partial charge in [0.15, 0.2) is 17.5 Å². The van der Waals surface area contributed by atoms with E-state index in [-0.39, 0.29) is 11.8 Å². The number of guanidine groups is 1. The van der Waals surface area contributed by atoms with Gasteiger partial charge in [0.2, 0.25) is 0 Å². The van der Waals surface area contributed by atoms with Gasteiger partial charge in [-0.3, -0.25) is 4.99 Å². The van der Waals surface area contributed by atoms with Crippen LogP contribution in [0.5, 0.6) is 5.75 Å². The lowest BCUT2D eigenvalue weighted by Gasteiger charge is -2.27. The maximum Gasteiger partial charge on any atom is 0.196 e. The Bertz CT molecular complexity index is 714. The topological polar surface area (TPSA) is 61.8 Å². The van der Waals surface area contributed by atoms with Gasteiger partial charge in [0.25, 0.3) is 0 Å². The predicted molar refractivity (Wildman–Crippen MR) is 81.0 cm³/mol. The van der Waals surface area contributed by atoms with Gasteiger partial charge in [-0.05, 0) is 42.3 Å². The fraction of sp³-hybridized carbons (Fsp3) is 0.188. The number of hydrogen-bond acceptors (Lipinski definition) is 4. The third kappa shape index (κ3) is 2.42. The Morgan fingerprint density at radius 3 is 2.81 bits per heavy atom. The van der Waals surface area contributed by atoms with Crippen molar-refractivity contribution in [3.05, 3.63) is 59.4 Å². The molecule has 21 heavy (non-hydrogen) atoms. The van der Waals surface area contributed by atoms with Crippen LogP contribution in [-0.2, 0) is 0 Å². The van der Waals surface area contributed by atoms with Crippen molar-refractivity contribution in [2.24, 2.45) is 10.7 Å². The zero-order chi connectivity index (χ0) is 15.0. The first-order chi connectivity index (χ1) is 10.1. The molecule has 0 saturated heterocycles. The highest BCUT2D eigenvalue weighted by atomic mass is 19.1. The van der Waals surface area contributed by atoms with Crippen LogP contribution in [0.2, 0.25) is 0 Å². The molecule has 2 aromatic rings. The third-order valence-corrected chi connectivity index (χ3v) is 3.62. The van der Waals surface area contributed by atoms with Gasteiger partial charge >= 0.3 is 0 Å². The number of nitrogens with two attached hydrogens (primary N) is 1. The number of anilines is 1. The molecule has 0 saturated carbocycles. The lowest BCUT2D eigenvalue weighted by molar-refractivity contribution is 0.431. The molecule has 0 aliphatic carbocycles. The van der Waals surface area contributed by atoms with Gasteiger partial charge in [-0.15, -0.1) is 0 Å². The summed E-state index contributed by atoms with van der Waals surface area (Å²) in [5, 5.41) is 9.32. The van der Waals surface area contributed by atoms with Gasteiger partial charge in [-0.1, -0.05) is 18.2 Å². The van der Waals surface area contributed by atoms with Gasteiger partial charge in [0.05, 0.1) is 12.6 Å². The molecular formula is C16H16FN3O. The largest absolute Gasteiger partial charge is 0.505 e. The number of aliphatic imine (C=N–C) groups is 1. The molecule has 108 valence electrons. The second-order valence-electron chi connectivity index (χ2n) is 5.13. The number of aromatic hydroxyl groups is 1. The lowest BCUT2D eigenvalue weighted by Crippen LogP contribution is -2.36. The van der Waals surface area contributed by atoms with Gasteiger partial charge in [-0.2, -0.15) is 0 Å². The average Bonchev–Trinajstić information content (AvgIpc) is 2.84. The Hall–Kier alpha value is -2.56. The molecule has 0 aromatic heterocycles. The van der Waals surface area contributed by atoms with E-state index in [1.54, 1.807) is 6.07 Å². The zero-order valence-electron chi connectivity index (χ0n) is 11.6. The van der Waals surface area contributed by atoms with Crippen molar-refractivity contribution in [3.63, 3.8) is 0 Å². The molecule has 0 amide bonds. The van der Waals surface area contributed by atoms with Crippen LogP contribution in [0.4, 0.5) is 10.1 Å². The summed E-state index contributed by atoms with van der Waals surface area (Å²) in [5.74, 6) is -0.575. The van der Waals surface area contributed by atoms with E-state index in [0.29, 0.717) is 12.5 Å². The highest BCUT2D eigenvalue weighted by Gasteiger charge is 2.29. The van der Waals surface area contributed by atoms with E-state index in [1.165, 1.54) is 12.1 Å². The minimum Gasteiger partial charge on any atom is -0.505 e. The summed E-state index contributed by atoms with van der Waals surface area (Å²) in [4.78, 5) is 6.16. The van der Waals surface area contributed by atoms with Crippen molar-refractivity contribution < 1.29 is 9.50 Å². The van der Waals surface area contributed by atoms with Crippen LogP contribution in [0.1, 0.15) is 17.2 Å². The number of aryl methyl sites for hydroxylation is 1. The first kappa shape index (κ1) is 13.4. The standard InChI is InChI=1S/C16H16FN3O/c1-10-3-2-4-12(7-10)20-14(9-19-16(20)18)11-5-6-15(21)13(17)8-11/h2-8,14,21H,9H2,1H3,(H2,18,19). The molecule has 1 unspecified atom stereocenters. The van der Waals surface area contributed by atoms with Crippen molar-refractivity contribution in [2.75, 3.05) is 11.4 Å². The molecule has 2 aromatic carbocycles. The van der Waals surface area contributed by atoms with E-state index in [9.17, 15) is 9.50 Å². The maximum absolute atomic E-state index is 13.6. The average molecular weight is 285 g/mol. The van der Waals surface area contributed by atoms with Crippen molar-refractivity contribution in [1.29, 1.82) is 0 Å². The summed E-state index contributed by atoms with van der Waals surface area (Å²) < 4.78 is 13.6. The number of benzene rings is 2. The summed E-state index contributed by atoms with van der Waals surface area (Å²) in [6.45, 7) is 2.46. The maximum atomic E-state index is 13.6. The highest BCUT2D eigenvalue weighted by Crippen LogP contribution is 2.32. The van der Waals surface area contributed by atoms with E-state index in [1.807, 2.05) is 36.1 Å². The second-order valence-corrected chi connectivity index (χ2v) is 5.13. The molecule has 3 rings (SSSR count). The number of phenols is 1. The number of halogens is 1. The van der Waals surface area contributed by atoms with Gasteiger partial charge in [0.1, 0.15) is 0 Å². The Kier molecular flexibility index (Phi) is 3.25. The molecule has 1 heterocycles. The first-order valence-electron chi connectivity index (χ1n) is 6.70. The number of nitrogens with zero attached hydrogens (tertiary/aromatic N) is 2. The fourth-order valence-corrected chi connectivity index (χ4v) is 2.57. The third-order valence-electron chi connectivity index (χ3n) is 3.62. The molecular weight excluding hydrogens is 269 g/mol. The minimum atomic E-state index is -0.637.